The highest BCUT2D eigenvalue weighted by Crippen LogP contribution is 2.36. The number of hydrogen-bond donors (Lipinski definition) is 1. The quantitative estimate of drug-likeness (QED) is 0.408. The van der Waals surface area contributed by atoms with E-state index in [9.17, 15) is 22.4 Å². The Bertz CT molecular complexity index is 1260. The van der Waals surface area contributed by atoms with Gasteiger partial charge in [-0.3, -0.25) is 19.4 Å². The van der Waals surface area contributed by atoms with Crippen LogP contribution in [0.3, 0.4) is 0 Å². The number of anilines is 1. The zero-order valence-electron chi connectivity index (χ0n) is 18.0. The summed E-state index contributed by atoms with van der Waals surface area (Å²) in [6.45, 7) is -0.591. The SMILES string of the molecule is O=C(/C=C/c1cncc(F)c1-c1cnn(C2CC2)c1)Nc1ccc2c(c1)CN(CC(F)(F)F)C2. The van der Waals surface area contributed by atoms with E-state index in [1.807, 2.05) is 4.68 Å². The molecular weight excluding hydrogens is 450 g/mol. The summed E-state index contributed by atoms with van der Waals surface area (Å²) in [5.74, 6) is -0.964. The Morgan fingerprint density at radius 1 is 1.15 bits per heavy atom. The molecule has 176 valence electrons. The number of hydrogen-bond acceptors (Lipinski definition) is 4. The molecule has 1 fully saturated rings. The molecule has 0 atom stereocenters. The Hall–Kier alpha value is -3.53. The fourth-order valence-corrected chi connectivity index (χ4v) is 4.14. The maximum absolute atomic E-state index is 14.6. The molecule has 3 heterocycles. The minimum Gasteiger partial charge on any atom is -0.323 e. The predicted molar refractivity (Wildman–Crippen MR) is 118 cm³/mol. The van der Waals surface area contributed by atoms with Crippen LogP contribution < -0.4 is 5.32 Å². The van der Waals surface area contributed by atoms with Crippen LogP contribution in [0.25, 0.3) is 17.2 Å². The zero-order chi connectivity index (χ0) is 23.9. The number of aromatic nitrogens is 3. The second-order valence-electron chi connectivity index (χ2n) is 8.59. The molecule has 10 heteroatoms. The van der Waals surface area contributed by atoms with Crippen LogP contribution in [0, 0.1) is 5.82 Å². The van der Waals surface area contributed by atoms with E-state index in [-0.39, 0.29) is 13.1 Å². The van der Waals surface area contributed by atoms with Gasteiger partial charge in [0, 0.05) is 53.9 Å². The molecule has 6 nitrogen and oxygen atoms in total. The molecule has 0 spiro atoms. The first-order valence-corrected chi connectivity index (χ1v) is 10.8. The van der Waals surface area contributed by atoms with Crippen LogP contribution in [-0.2, 0) is 17.9 Å². The van der Waals surface area contributed by atoms with Gasteiger partial charge in [0.1, 0.15) is 5.82 Å². The van der Waals surface area contributed by atoms with E-state index < -0.39 is 24.4 Å². The highest BCUT2D eigenvalue weighted by Gasteiger charge is 2.33. The van der Waals surface area contributed by atoms with Crippen molar-refractivity contribution in [3.8, 4) is 11.1 Å². The number of alkyl halides is 3. The fraction of sp³-hybridized carbons (Fsp3) is 0.292. The topological polar surface area (TPSA) is 63.1 Å². The van der Waals surface area contributed by atoms with E-state index in [4.69, 9.17) is 0 Å². The summed E-state index contributed by atoms with van der Waals surface area (Å²) in [4.78, 5) is 17.7. The van der Waals surface area contributed by atoms with Crippen molar-refractivity contribution in [1.29, 1.82) is 0 Å². The van der Waals surface area contributed by atoms with Gasteiger partial charge >= 0.3 is 6.18 Å². The van der Waals surface area contributed by atoms with Gasteiger partial charge in [0.15, 0.2) is 0 Å². The lowest BCUT2D eigenvalue weighted by Gasteiger charge is -2.16. The number of rotatable bonds is 6. The first-order chi connectivity index (χ1) is 16.2. The number of benzene rings is 1. The second kappa shape index (κ2) is 8.68. The van der Waals surface area contributed by atoms with E-state index in [1.54, 1.807) is 30.6 Å². The third-order valence-electron chi connectivity index (χ3n) is 5.82. The highest BCUT2D eigenvalue weighted by molar-refractivity contribution is 6.02. The van der Waals surface area contributed by atoms with Gasteiger partial charge in [0.2, 0.25) is 5.91 Å². The predicted octanol–water partition coefficient (Wildman–Crippen LogP) is 4.95. The van der Waals surface area contributed by atoms with E-state index in [2.05, 4.69) is 15.4 Å². The van der Waals surface area contributed by atoms with Gasteiger partial charge in [-0.25, -0.2) is 4.39 Å². The van der Waals surface area contributed by atoms with Crippen molar-refractivity contribution in [3.05, 3.63) is 71.6 Å². The van der Waals surface area contributed by atoms with Crippen LogP contribution in [0.1, 0.15) is 35.6 Å². The third kappa shape index (κ3) is 5.01. The van der Waals surface area contributed by atoms with E-state index in [1.165, 1.54) is 23.2 Å². The molecule has 1 aliphatic heterocycles. The normalized spacial score (nSPS) is 16.2. The molecule has 0 saturated heterocycles. The molecule has 1 aliphatic carbocycles. The minimum atomic E-state index is -4.26. The first-order valence-electron chi connectivity index (χ1n) is 10.8. The Morgan fingerprint density at radius 3 is 2.71 bits per heavy atom. The molecule has 1 aromatic carbocycles. The Morgan fingerprint density at radius 2 is 1.94 bits per heavy atom. The molecule has 1 amide bonds. The lowest BCUT2D eigenvalue weighted by atomic mass is 10.0. The molecule has 3 aromatic rings. The van der Waals surface area contributed by atoms with Crippen LogP contribution in [-0.4, -0.2) is 38.3 Å². The standard InChI is InChI=1S/C24H21F4N5O/c25-21-10-29-8-15(23(21)18-9-30-33(13-18)20-4-5-20)2-6-22(34)31-19-3-1-16-11-32(12-17(16)7-19)14-24(26,27)28/h1-3,6-10,13,20H,4-5,11-12,14H2,(H,31,34)/b6-2+. The number of carbonyl (C=O) groups excluding carboxylic acids is 1. The third-order valence-corrected chi connectivity index (χ3v) is 5.82. The van der Waals surface area contributed by atoms with Gasteiger partial charge in [-0.2, -0.15) is 18.3 Å². The fourth-order valence-electron chi connectivity index (χ4n) is 4.14. The molecule has 2 aromatic heterocycles. The number of halogens is 4. The van der Waals surface area contributed by atoms with Gasteiger partial charge in [0.25, 0.3) is 0 Å². The van der Waals surface area contributed by atoms with Crippen LogP contribution in [0.2, 0.25) is 0 Å². The number of nitrogens with one attached hydrogen (secondary N) is 1. The van der Waals surface area contributed by atoms with Crippen LogP contribution in [0.4, 0.5) is 23.2 Å². The van der Waals surface area contributed by atoms with E-state index in [0.29, 0.717) is 28.4 Å². The van der Waals surface area contributed by atoms with Gasteiger partial charge in [-0.1, -0.05) is 6.07 Å². The van der Waals surface area contributed by atoms with Gasteiger partial charge in [0.05, 0.1) is 25.0 Å². The lowest BCUT2D eigenvalue weighted by Crippen LogP contribution is -2.29. The van der Waals surface area contributed by atoms with E-state index >= 15 is 0 Å². The maximum Gasteiger partial charge on any atom is 0.401 e. The van der Waals surface area contributed by atoms with Crippen LogP contribution in [0.5, 0.6) is 0 Å². The number of amides is 1. The largest absolute Gasteiger partial charge is 0.401 e. The molecule has 1 saturated carbocycles. The van der Waals surface area contributed by atoms with Crippen molar-refractivity contribution in [2.75, 3.05) is 11.9 Å². The molecule has 0 radical (unpaired) electrons. The molecule has 2 aliphatic rings. The van der Waals surface area contributed by atoms with Crippen molar-refractivity contribution in [1.82, 2.24) is 19.7 Å². The zero-order valence-corrected chi connectivity index (χ0v) is 18.0. The molecule has 0 unspecified atom stereocenters. The average Bonchev–Trinajstić information content (AvgIpc) is 3.37. The summed E-state index contributed by atoms with van der Waals surface area (Å²) in [7, 11) is 0. The van der Waals surface area contributed by atoms with Crippen LogP contribution >= 0.6 is 0 Å². The Labute approximate surface area is 192 Å². The van der Waals surface area contributed by atoms with Crippen LogP contribution in [0.15, 0.2) is 49.1 Å². The molecule has 5 rings (SSSR count). The first kappa shape index (κ1) is 22.3. The van der Waals surface area contributed by atoms with Crippen molar-refractivity contribution in [3.63, 3.8) is 0 Å². The number of carbonyl (C=O) groups is 1. The monoisotopic (exact) mass is 471 g/mol. The van der Waals surface area contributed by atoms with Crippen molar-refractivity contribution >= 4 is 17.7 Å². The number of nitrogens with zero attached hydrogens (tertiary/aromatic N) is 4. The molecule has 1 N–H and O–H groups in total. The number of fused-ring (bicyclic) bond motifs is 1. The van der Waals surface area contributed by atoms with Crippen molar-refractivity contribution in [2.45, 2.75) is 38.1 Å². The van der Waals surface area contributed by atoms with Gasteiger partial charge in [-0.05, 0) is 42.2 Å². The molecular formula is C24H21F4N5O. The summed E-state index contributed by atoms with van der Waals surface area (Å²) in [6.07, 6.45) is 6.58. The van der Waals surface area contributed by atoms with Crippen molar-refractivity contribution < 1.29 is 22.4 Å². The molecule has 34 heavy (non-hydrogen) atoms. The summed E-state index contributed by atoms with van der Waals surface area (Å²) in [5, 5.41) is 7.01. The second-order valence-corrected chi connectivity index (χ2v) is 8.59. The summed E-state index contributed by atoms with van der Waals surface area (Å²) in [5.41, 5.74) is 3.38. The summed E-state index contributed by atoms with van der Waals surface area (Å²) < 4.78 is 54.4. The van der Waals surface area contributed by atoms with Gasteiger partial charge in [-0.15, -0.1) is 0 Å². The van der Waals surface area contributed by atoms with Gasteiger partial charge < -0.3 is 5.32 Å². The average molecular weight is 471 g/mol. The lowest BCUT2D eigenvalue weighted by molar-refractivity contribution is -0.147. The molecule has 0 bridgehead atoms. The van der Waals surface area contributed by atoms with E-state index in [0.717, 1.165) is 30.2 Å². The maximum atomic E-state index is 14.6. The highest BCUT2D eigenvalue weighted by atomic mass is 19.4. The smallest absolute Gasteiger partial charge is 0.323 e. The minimum absolute atomic E-state index is 0.168. The summed E-state index contributed by atoms with van der Waals surface area (Å²) >= 11 is 0. The van der Waals surface area contributed by atoms with Crippen molar-refractivity contribution in [2.24, 2.45) is 0 Å². The Kier molecular flexibility index (Phi) is 5.68. The summed E-state index contributed by atoms with van der Waals surface area (Å²) in [6, 6.07) is 5.41. The Balaban J connectivity index is 1.28. The number of pyridine rings is 1.